The van der Waals surface area contributed by atoms with Crippen molar-refractivity contribution in [1.29, 1.82) is 0 Å². The van der Waals surface area contributed by atoms with E-state index in [0.717, 1.165) is 0 Å². The number of rotatable bonds is 8. The molecular weight excluding hydrogens is 344 g/mol. The van der Waals surface area contributed by atoms with Crippen LogP contribution in [0.4, 0.5) is 0 Å². The van der Waals surface area contributed by atoms with Crippen molar-refractivity contribution < 1.29 is 17.7 Å². The molecule has 26 heavy (non-hydrogen) atoms. The van der Waals surface area contributed by atoms with Gasteiger partial charge in [-0.1, -0.05) is 61.2 Å². The zero-order valence-electron chi connectivity index (χ0n) is 14.5. The molecule has 0 unspecified atom stereocenters. The van der Waals surface area contributed by atoms with E-state index in [2.05, 4.69) is 6.58 Å². The first-order valence-corrected chi connectivity index (χ1v) is 9.85. The van der Waals surface area contributed by atoms with Crippen molar-refractivity contribution in [1.82, 2.24) is 0 Å². The fraction of sp³-hybridized carbons (Fsp3) is 0.0476. The van der Waals surface area contributed by atoms with Crippen LogP contribution in [0.15, 0.2) is 103 Å². The van der Waals surface area contributed by atoms with Gasteiger partial charge >= 0.3 is 9.05 Å². The van der Waals surface area contributed by atoms with Gasteiger partial charge in [0.1, 0.15) is 17.2 Å². The summed E-state index contributed by atoms with van der Waals surface area (Å²) in [4.78, 5) is 0. The molecule has 3 aromatic rings. The van der Waals surface area contributed by atoms with Gasteiger partial charge in [0.25, 0.3) is 0 Å². The first kappa shape index (κ1) is 17.6. The van der Waals surface area contributed by atoms with Crippen LogP contribution in [0.1, 0.15) is 6.92 Å². The van der Waals surface area contributed by atoms with Gasteiger partial charge in [0.2, 0.25) is 0 Å². The van der Waals surface area contributed by atoms with Gasteiger partial charge in [-0.25, -0.2) is 0 Å². The van der Waals surface area contributed by atoms with Crippen molar-refractivity contribution in [2.24, 2.45) is 0 Å². The third kappa shape index (κ3) is 4.91. The molecule has 0 atom stereocenters. The van der Waals surface area contributed by atoms with Crippen LogP contribution in [0.2, 0.25) is 0 Å². The number of hydrogen-bond donors (Lipinski definition) is 0. The van der Waals surface area contributed by atoms with E-state index in [9.17, 15) is 0 Å². The highest BCUT2D eigenvalue weighted by atomic mass is 28.4. The molecule has 4 nitrogen and oxygen atoms in total. The van der Waals surface area contributed by atoms with E-state index in [1.54, 1.807) is 6.92 Å². The topological polar surface area (TPSA) is 36.9 Å². The zero-order valence-corrected chi connectivity index (χ0v) is 15.5. The Morgan fingerprint density at radius 3 is 1.19 bits per heavy atom. The van der Waals surface area contributed by atoms with Crippen molar-refractivity contribution in [3.05, 3.63) is 103 Å². The summed E-state index contributed by atoms with van der Waals surface area (Å²) in [7, 11) is -3.68. The third-order valence-electron chi connectivity index (χ3n) is 3.26. The SMILES string of the molecule is C=C(C)O[Si](Oc1ccccc1)(Oc1ccccc1)Oc1ccccc1. The second-order valence-electron chi connectivity index (χ2n) is 5.55. The molecule has 0 aliphatic heterocycles. The molecule has 5 heteroatoms. The molecule has 0 aliphatic rings. The third-order valence-corrected chi connectivity index (χ3v) is 5.31. The van der Waals surface area contributed by atoms with Crippen LogP contribution < -0.4 is 13.3 Å². The Bertz CT molecular complexity index is 721. The highest BCUT2D eigenvalue weighted by molar-refractivity contribution is 6.56. The summed E-state index contributed by atoms with van der Waals surface area (Å²) in [6.07, 6.45) is 0. The summed E-state index contributed by atoms with van der Waals surface area (Å²) in [5.74, 6) is 2.21. The lowest BCUT2D eigenvalue weighted by molar-refractivity contribution is 0.126. The standard InChI is InChI=1S/C21H20O4Si/c1-18(2)22-26(23-19-12-6-3-7-13-19,24-20-14-8-4-9-15-20)25-21-16-10-5-11-17-21/h3-17H,1H2,2H3. The van der Waals surface area contributed by atoms with E-state index in [1.807, 2.05) is 91.0 Å². The van der Waals surface area contributed by atoms with Gasteiger partial charge < -0.3 is 17.7 Å². The minimum absolute atomic E-state index is 0.444. The van der Waals surface area contributed by atoms with Crippen LogP contribution in [-0.2, 0) is 4.43 Å². The highest BCUT2D eigenvalue weighted by Crippen LogP contribution is 2.26. The summed E-state index contributed by atoms with van der Waals surface area (Å²) in [5, 5.41) is 0. The number of allylic oxidation sites excluding steroid dienone is 1. The van der Waals surface area contributed by atoms with Gasteiger partial charge in [0, 0.05) is 0 Å². The minimum Gasteiger partial charge on any atom is -0.457 e. The largest absolute Gasteiger partial charge is 0.966 e. The Kier molecular flexibility index (Phi) is 5.61. The molecule has 0 N–H and O–H groups in total. The Morgan fingerprint density at radius 1 is 0.615 bits per heavy atom. The molecule has 0 bridgehead atoms. The van der Waals surface area contributed by atoms with Gasteiger partial charge in [-0.15, -0.1) is 0 Å². The molecule has 0 saturated carbocycles. The normalized spacial score (nSPS) is 10.7. The molecule has 0 saturated heterocycles. The van der Waals surface area contributed by atoms with Crippen molar-refractivity contribution >= 4 is 9.05 Å². The van der Waals surface area contributed by atoms with E-state index < -0.39 is 9.05 Å². The quantitative estimate of drug-likeness (QED) is 0.406. The maximum atomic E-state index is 6.13. The van der Waals surface area contributed by atoms with E-state index in [1.165, 1.54) is 0 Å². The summed E-state index contributed by atoms with van der Waals surface area (Å²) < 4.78 is 24.3. The summed E-state index contributed by atoms with van der Waals surface area (Å²) in [6, 6.07) is 27.9. The molecule has 0 spiro atoms. The molecule has 0 radical (unpaired) electrons. The van der Waals surface area contributed by atoms with E-state index >= 15 is 0 Å². The predicted molar refractivity (Wildman–Crippen MR) is 103 cm³/mol. The maximum absolute atomic E-state index is 6.13. The van der Waals surface area contributed by atoms with E-state index in [0.29, 0.717) is 23.0 Å². The molecule has 0 heterocycles. The Morgan fingerprint density at radius 2 is 0.923 bits per heavy atom. The molecule has 0 amide bonds. The van der Waals surface area contributed by atoms with E-state index in [4.69, 9.17) is 17.7 Å². The highest BCUT2D eigenvalue weighted by Gasteiger charge is 2.58. The zero-order chi connectivity index (χ0) is 18.2. The first-order valence-electron chi connectivity index (χ1n) is 8.22. The average Bonchev–Trinajstić information content (AvgIpc) is 2.63. The Hall–Kier alpha value is -3.18. The van der Waals surface area contributed by atoms with Gasteiger partial charge in [0.05, 0.1) is 5.76 Å². The Labute approximate surface area is 154 Å². The van der Waals surface area contributed by atoms with Gasteiger partial charge in [-0.3, -0.25) is 0 Å². The molecule has 0 aromatic heterocycles. The van der Waals surface area contributed by atoms with Crippen LogP contribution in [-0.4, -0.2) is 9.05 Å². The van der Waals surface area contributed by atoms with Gasteiger partial charge in [-0.2, -0.15) is 0 Å². The van der Waals surface area contributed by atoms with Crippen LogP contribution in [0, 0.1) is 0 Å². The maximum Gasteiger partial charge on any atom is 0.966 e. The van der Waals surface area contributed by atoms with Crippen LogP contribution in [0.25, 0.3) is 0 Å². The van der Waals surface area contributed by atoms with Crippen molar-refractivity contribution in [2.75, 3.05) is 0 Å². The molecule has 0 fully saturated rings. The number of hydrogen-bond acceptors (Lipinski definition) is 4. The van der Waals surface area contributed by atoms with Crippen LogP contribution in [0.3, 0.4) is 0 Å². The molecular formula is C21H20O4Si. The average molecular weight is 364 g/mol. The number of para-hydroxylation sites is 3. The van der Waals surface area contributed by atoms with Crippen molar-refractivity contribution in [3.63, 3.8) is 0 Å². The predicted octanol–water partition coefficient (Wildman–Crippen LogP) is 5.21. The van der Waals surface area contributed by atoms with Crippen LogP contribution >= 0.6 is 0 Å². The summed E-state index contributed by atoms with van der Waals surface area (Å²) in [6.45, 7) is 5.57. The summed E-state index contributed by atoms with van der Waals surface area (Å²) >= 11 is 0. The van der Waals surface area contributed by atoms with Gasteiger partial charge in [-0.05, 0) is 43.3 Å². The van der Waals surface area contributed by atoms with Crippen molar-refractivity contribution in [3.8, 4) is 17.2 Å². The lowest BCUT2D eigenvalue weighted by Gasteiger charge is -2.28. The fourth-order valence-electron chi connectivity index (χ4n) is 2.24. The van der Waals surface area contributed by atoms with Gasteiger partial charge in [0.15, 0.2) is 0 Å². The lowest BCUT2D eigenvalue weighted by atomic mass is 10.3. The second kappa shape index (κ2) is 8.27. The smallest absolute Gasteiger partial charge is 0.457 e. The molecule has 0 aliphatic carbocycles. The molecule has 3 aromatic carbocycles. The number of benzene rings is 3. The molecule has 132 valence electrons. The van der Waals surface area contributed by atoms with Crippen molar-refractivity contribution in [2.45, 2.75) is 6.92 Å². The Balaban J connectivity index is 1.98. The fourth-order valence-corrected chi connectivity index (χ4v) is 4.19. The second-order valence-corrected chi connectivity index (χ2v) is 7.37. The lowest BCUT2D eigenvalue weighted by Crippen LogP contribution is -2.57. The van der Waals surface area contributed by atoms with E-state index in [-0.39, 0.29) is 0 Å². The van der Waals surface area contributed by atoms with Crippen LogP contribution in [0.5, 0.6) is 17.2 Å². The summed E-state index contributed by atoms with van der Waals surface area (Å²) in [5.41, 5.74) is 0. The molecule has 3 rings (SSSR count). The minimum atomic E-state index is -3.68. The monoisotopic (exact) mass is 364 g/mol. The first-order chi connectivity index (χ1) is 12.7.